The molecule has 2 unspecified atom stereocenters. The summed E-state index contributed by atoms with van der Waals surface area (Å²) in [6.07, 6.45) is 4.96. The first-order chi connectivity index (χ1) is 5.80. The molecule has 0 aliphatic heterocycles. The van der Waals surface area contributed by atoms with Crippen molar-refractivity contribution < 1.29 is 39.5 Å². The quantitative estimate of drug-likeness (QED) is 0.587. The van der Waals surface area contributed by atoms with Crippen molar-refractivity contribution in [2.24, 2.45) is 0 Å². The third-order valence-electron chi connectivity index (χ3n) is 1.77. The standard InChI is InChI=1S/C6H12N2.CH4O3S.H2O.Pt/c7-5-3-1-2-4-6(5)8;1-5(2,3)4;;/h5-8H,1-4H2;1H3,(H,2,3,4);1H2;/q-2;;;+2. The van der Waals surface area contributed by atoms with Gasteiger partial charge in [-0.05, 0) is 0 Å². The Morgan fingerprint density at radius 3 is 1.47 bits per heavy atom. The molecule has 0 heterocycles. The van der Waals surface area contributed by atoms with Gasteiger partial charge in [-0.1, -0.05) is 25.7 Å². The van der Waals surface area contributed by atoms with Crippen molar-refractivity contribution in [3.05, 3.63) is 11.5 Å². The van der Waals surface area contributed by atoms with Gasteiger partial charge in [0.1, 0.15) is 0 Å². The van der Waals surface area contributed by atoms with E-state index in [9.17, 15) is 8.42 Å². The first-order valence-electron chi connectivity index (χ1n) is 4.15. The normalized spacial score (nSPS) is 25.1. The minimum absolute atomic E-state index is 0. The van der Waals surface area contributed by atoms with E-state index in [4.69, 9.17) is 16.0 Å². The van der Waals surface area contributed by atoms with Crippen LogP contribution in [0.4, 0.5) is 0 Å². The van der Waals surface area contributed by atoms with Gasteiger partial charge in [-0.2, -0.15) is 20.5 Å². The predicted molar refractivity (Wildman–Crippen MR) is 55.8 cm³/mol. The van der Waals surface area contributed by atoms with E-state index >= 15 is 0 Å². The van der Waals surface area contributed by atoms with Gasteiger partial charge in [-0.15, -0.1) is 0 Å². The fraction of sp³-hybridized carbons (Fsp3) is 1.00. The van der Waals surface area contributed by atoms with Gasteiger partial charge in [0.05, 0.1) is 6.26 Å². The molecule has 1 aliphatic carbocycles. The van der Waals surface area contributed by atoms with Crippen LogP contribution < -0.4 is 0 Å². The average molecular weight is 421 g/mol. The summed E-state index contributed by atoms with van der Waals surface area (Å²) in [6, 6.07) is -0.160. The Bertz CT molecular complexity index is 217. The van der Waals surface area contributed by atoms with E-state index in [0.717, 1.165) is 12.8 Å². The Morgan fingerprint density at radius 1 is 1.13 bits per heavy atom. The van der Waals surface area contributed by atoms with Gasteiger partial charge in [0.15, 0.2) is 0 Å². The average Bonchev–Trinajstić information content (AvgIpc) is 1.92. The van der Waals surface area contributed by atoms with Crippen LogP contribution in [0.5, 0.6) is 0 Å². The topological polar surface area (TPSA) is 133 Å². The Balaban J connectivity index is -0.000000185. The number of hydrogen-bond donors (Lipinski definition) is 1. The zero-order chi connectivity index (χ0) is 10.5. The van der Waals surface area contributed by atoms with Gasteiger partial charge in [-0.3, -0.25) is 4.55 Å². The second kappa shape index (κ2) is 9.69. The fourth-order valence-electron chi connectivity index (χ4n) is 1.13. The zero-order valence-electron chi connectivity index (χ0n) is 8.47. The van der Waals surface area contributed by atoms with E-state index in [0.29, 0.717) is 6.26 Å². The van der Waals surface area contributed by atoms with Crippen molar-refractivity contribution in [3.8, 4) is 0 Å². The molecule has 0 spiro atoms. The van der Waals surface area contributed by atoms with Crippen molar-refractivity contribution in [1.82, 2.24) is 0 Å². The van der Waals surface area contributed by atoms with Crippen molar-refractivity contribution in [1.29, 1.82) is 0 Å². The smallest absolute Gasteiger partial charge is 0.676 e. The molecule has 0 bridgehead atoms. The molecule has 1 rings (SSSR count). The van der Waals surface area contributed by atoms with Crippen LogP contribution in [0.2, 0.25) is 0 Å². The maximum absolute atomic E-state index is 9.19. The maximum Gasteiger partial charge on any atom is 2.00 e. The molecule has 5 N–H and O–H groups in total. The van der Waals surface area contributed by atoms with Crippen LogP contribution in [0, 0.1) is 0 Å². The van der Waals surface area contributed by atoms with Crippen molar-refractivity contribution >= 4 is 10.1 Å². The Morgan fingerprint density at radius 2 is 1.33 bits per heavy atom. The number of nitrogens with one attached hydrogen (secondary N) is 2. The van der Waals surface area contributed by atoms with Crippen LogP contribution in [0.1, 0.15) is 25.7 Å². The number of rotatable bonds is 0. The Labute approximate surface area is 105 Å². The molecule has 1 aliphatic rings. The third-order valence-corrected chi connectivity index (χ3v) is 1.77. The van der Waals surface area contributed by atoms with Gasteiger partial charge in [0, 0.05) is 0 Å². The molecule has 0 saturated heterocycles. The molecule has 1 fully saturated rings. The molecule has 0 amide bonds. The van der Waals surface area contributed by atoms with E-state index in [-0.39, 0.29) is 38.6 Å². The summed E-state index contributed by atoms with van der Waals surface area (Å²) in [7, 11) is -3.67. The summed E-state index contributed by atoms with van der Waals surface area (Å²) in [5.74, 6) is 0. The molecule has 0 aromatic heterocycles. The molecular weight excluding hydrogens is 403 g/mol. The first-order valence-corrected chi connectivity index (χ1v) is 6.00. The SMILES string of the molecule is CS(=O)(=O)O.O.[NH-]C1CCCCC1[NH-].[Pt+2]. The zero-order valence-corrected chi connectivity index (χ0v) is 11.6. The molecule has 0 radical (unpaired) electrons. The second-order valence-corrected chi connectivity index (χ2v) is 4.70. The van der Waals surface area contributed by atoms with E-state index in [1.165, 1.54) is 12.8 Å². The molecule has 0 aromatic rings. The van der Waals surface area contributed by atoms with Crippen molar-refractivity contribution in [3.63, 3.8) is 0 Å². The molecular formula is C7H18N2O4PtS. The summed E-state index contributed by atoms with van der Waals surface area (Å²) < 4.78 is 25.9. The Hall–Kier alpha value is 0.478. The first kappa shape index (κ1) is 20.8. The number of hydrogen-bond acceptors (Lipinski definition) is 2. The van der Waals surface area contributed by atoms with Gasteiger partial charge in [0.2, 0.25) is 0 Å². The molecule has 6 nitrogen and oxygen atoms in total. The van der Waals surface area contributed by atoms with Crippen LogP contribution >= 0.6 is 0 Å². The van der Waals surface area contributed by atoms with Crippen LogP contribution in [0.15, 0.2) is 0 Å². The molecule has 96 valence electrons. The third kappa shape index (κ3) is 17.1. The van der Waals surface area contributed by atoms with Gasteiger partial charge in [0.25, 0.3) is 10.1 Å². The van der Waals surface area contributed by atoms with Crippen molar-refractivity contribution in [2.45, 2.75) is 37.8 Å². The molecule has 0 aromatic carbocycles. The minimum atomic E-state index is -3.67. The van der Waals surface area contributed by atoms with Crippen LogP contribution in [-0.2, 0) is 31.2 Å². The monoisotopic (exact) mass is 421 g/mol. The molecule has 8 heteroatoms. The van der Waals surface area contributed by atoms with Gasteiger partial charge >= 0.3 is 21.1 Å². The van der Waals surface area contributed by atoms with E-state index in [1.54, 1.807) is 0 Å². The summed E-state index contributed by atoms with van der Waals surface area (Å²) in [4.78, 5) is 0. The predicted octanol–water partition coefficient (Wildman–Crippen LogP) is 1.08. The van der Waals surface area contributed by atoms with Crippen LogP contribution in [0.3, 0.4) is 0 Å². The maximum atomic E-state index is 9.19. The second-order valence-electron chi connectivity index (χ2n) is 3.23. The van der Waals surface area contributed by atoms with E-state index in [2.05, 4.69) is 0 Å². The van der Waals surface area contributed by atoms with Crippen molar-refractivity contribution in [2.75, 3.05) is 6.26 Å². The minimum Gasteiger partial charge on any atom is -0.676 e. The van der Waals surface area contributed by atoms with E-state index in [1.807, 2.05) is 0 Å². The molecule has 15 heavy (non-hydrogen) atoms. The summed E-state index contributed by atoms with van der Waals surface area (Å²) in [6.45, 7) is 0. The largest absolute Gasteiger partial charge is 2.00 e. The van der Waals surface area contributed by atoms with E-state index < -0.39 is 10.1 Å². The van der Waals surface area contributed by atoms with Crippen LogP contribution in [0.25, 0.3) is 11.5 Å². The summed E-state index contributed by atoms with van der Waals surface area (Å²) in [5, 5.41) is 0. The Kier molecular flexibility index (Phi) is 13.5. The fourth-order valence-corrected chi connectivity index (χ4v) is 1.13. The molecule has 2 atom stereocenters. The van der Waals surface area contributed by atoms with Gasteiger partial charge in [-0.25, -0.2) is 0 Å². The van der Waals surface area contributed by atoms with Crippen LogP contribution in [-0.4, -0.2) is 36.8 Å². The summed E-state index contributed by atoms with van der Waals surface area (Å²) in [5.41, 5.74) is 14.6. The molecule has 1 saturated carbocycles. The summed E-state index contributed by atoms with van der Waals surface area (Å²) >= 11 is 0. The van der Waals surface area contributed by atoms with Gasteiger partial charge < -0.3 is 16.9 Å².